The molecule has 1 N–H and O–H groups in total. The van der Waals surface area contributed by atoms with Gasteiger partial charge in [-0.25, -0.2) is 24.3 Å². The summed E-state index contributed by atoms with van der Waals surface area (Å²) in [6, 6.07) is 8.87. The quantitative estimate of drug-likeness (QED) is 0.273. The molecule has 0 saturated heterocycles. The molecule has 0 spiro atoms. The van der Waals surface area contributed by atoms with E-state index in [9.17, 15) is 22.4 Å². The number of aromatic nitrogens is 4. The van der Waals surface area contributed by atoms with Crippen molar-refractivity contribution >= 4 is 22.6 Å². The fourth-order valence-corrected chi connectivity index (χ4v) is 3.97. The van der Waals surface area contributed by atoms with Gasteiger partial charge in [-0.2, -0.15) is 13.2 Å². The molecule has 2 heterocycles. The Bertz CT molecular complexity index is 1440. The van der Waals surface area contributed by atoms with E-state index < -0.39 is 18.0 Å². The summed E-state index contributed by atoms with van der Waals surface area (Å²) in [7, 11) is 0. The molecule has 204 valence electrons. The van der Waals surface area contributed by atoms with E-state index in [1.807, 2.05) is 13.8 Å². The van der Waals surface area contributed by atoms with Gasteiger partial charge in [0.2, 0.25) is 5.82 Å². The third kappa shape index (κ3) is 6.39. The number of halogens is 4. The van der Waals surface area contributed by atoms with Gasteiger partial charge in [-0.3, -0.25) is 4.79 Å². The zero-order valence-corrected chi connectivity index (χ0v) is 21.5. The van der Waals surface area contributed by atoms with Crippen LogP contribution in [0.3, 0.4) is 0 Å². The molecule has 12 heteroatoms. The van der Waals surface area contributed by atoms with Gasteiger partial charge >= 0.3 is 6.18 Å². The monoisotopic (exact) mass is 542 g/mol. The highest BCUT2D eigenvalue weighted by Crippen LogP contribution is 2.35. The van der Waals surface area contributed by atoms with E-state index in [4.69, 9.17) is 4.74 Å². The van der Waals surface area contributed by atoms with Crippen molar-refractivity contribution in [2.24, 2.45) is 0 Å². The second kappa shape index (κ2) is 11.6. The van der Waals surface area contributed by atoms with Crippen LogP contribution in [0.5, 0.6) is 5.75 Å². The Morgan fingerprint density at radius 3 is 2.28 bits per heavy atom. The number of rotatable bonds is 9. The van der Waals surface area contributed by atoms with Crippen LogP contribution >= 0.6 is 0 Å². The van der Waals surface area contributed by atoms with Gasteiger partial charge < -0.3 is 15.0 Å². The summed E-state index contributed by atoms with van der Waals surface area (Å²) in [5, 5.41) is 3.70. The number of hydrogen-bond acceptors (Lipinski definition) is 7. The number of benzene rings is 2. The number of nitrogens with one attached hydrogen (secondary N) is 1. The van der Waals surface area contributed by atoms with E-state index in [1.54, 1.807) is 36.1 Å². The van der Waals surface area contributed by atoms with Crippen LogP contribution in [0.1, 0.15) is 38.2 Å². The Kier molecular flexibility index (Phi) is 8.22. The second-order valence-electron chi connectivity index (χ2n) is 8.66. The molecular weight excluding hydrogens is 516 g/mol. The van der Waals surface area contributed by atoms with Crippen LogP contribution in [-0.4, -0.2) is 50.4 Å². The van der Waals surface area contributed by atoms with Crippen LogP contribution in [0.2, 0.25) is 0 Å². The fraction of sp³-hybridized carbons (Fsp3) is 0.296. The molecule has 0 aliphatic rings. The topological polar surface area (TPSA) is 93.1 Å². The van der Waals surface area contributed by atoms with Crippen LogP contribution < -0.4 is 10.1 Å². The standard InChI is InChI=1S/C27H26F4N6O2/c1-4-37(5-2)23(38)14-39-22-11-18(17-6-8-20(28)9-7-17)10-21-24(22)34-15-35-25(21)36-16(3)19-12-32-26(33-13-19)27(29,30)31/h6-13,15-16H,4-5,14H2,1-3H3,(H,34,35,36). The third-order valence-electron chi connectivity index (χ3n) is 6.13. The number of carbonyl (C=O) groups is 1. The molecule has 0 aliphatic carbocycles. The number of alkyl halides is 3. The number of fused-ring (bicyclic) bond motifs is 1. The van der Waals surface area contributed by atoms with Crippen molar-refractivity contribution in [2.75, 3.05) is 25.0 Å². The first-order valence-electron chi connectivity index (χ1n) is 12.2. The molecule has 39 heavy (non-hydrogen) atoms. The Hall–Kier alpha value is -4.35. The number of likely N-dealkylation sites (N-methyl/N-ethyl adjacent to an activating group) is 1. The van der Waals surface area contributed by atoms with Crippen LogP contribution in [0.4, 0.5) is 23.4 Å². The van der Waals surface area contributed by atoms with Gasteiger partial charge in [0, 0.05) is 36.4 Å². The van der Waals surface area contributed by atoms with E-state index in [0.717, 1.165) is 12.4 Å². The Morgan fingerprint density at radius 2 is 1.67 bits per heavy atom. The van der Waals surface area contributed by atoms with Gasteiger partial charge in [0.25, 0.3) is 5.91 Å². The van der Waals surface area contributed by atoms with Crippen molar-refractivity contribution in [1.82, 2.24) is 24.8 Å². The van der Waals surface area contributed by atoms with E-state index >= 15 is 0 Å². The van der Waals surface area contributed by atoms with Gasteiger partial charge in [0.1, 0.15) is 29.2 Å². The number of carbonyl (C=O) groups excluding carboxylic acids is 1. The van der Waals surface area contributed by atoms with Gasteiger partial charge in [0.05, 0.1) is 6.04 Å². The summed E-state index contributed by atoms with van der Waals surface area (Å²) in [6.45, 7) is 6.34. The van der Waals surface area contributed by atoms with E-state index in [1.165, 1.54) is 18.5 Å². The fourth-order valence-electron chi connectivity index (χ4n) is 3.97. The number of nitrogens with zero attached hydrogens (tertiary/aromatic N) is 5. The summed E-state index contributed by atoms with van der Waals surface area (Å²) >= 11 is 0. The lowest BCUT2D eigenvalue weighted by atomic mass is 10.0. The van der Waals surface area contributed by atoms with Crippen molar-refractivity contribution in [3.63, 3.8) is 0 Å². The Balaban J connectivity index is 1.72. The highest BCUT2D eigenvalue weighted by atomic mass is 19.4. The van der Waals surface area contributed by atoms with Crippen molar-refractivity contribution < 1.29 is 27.1 Å². The molecule has 0 fully saturated rings. The Labute approximate surface area is 222 Å². The molecule has 2 aromatic heterocycles. The largest absolute Gasteiger partial charge is 0.481 e. The lowest BCUT2D eigenvalue weighted by molar-refractivity contribution is -0.145. The summed E-state index contributed by atoms with van der Waals surface area (Å²) in [5.41, 5.74) is 2.18. The summed E-state index contributed by atoms with van der Waals surface area (Å²) in [5.74, 6) is -1.11. The summed E-state index contributed by atoms with van der Waals surface area (Å²) in [6.07, 6.45) is -1.11. The Morgan fingerprint density at radius 1 is 1.00 bits per heavy atom. The van der Waals surface area contributed by atoms with E-state index in [-0.39, 0.29) is 18.3 Å². The predicted molar refractivity (Wildman–Crippen MR) is 137 cm³/mol. The third-order valence-corrected chi connectivity index (χ3v) is 6.13. The second-order valence-corrected chi connectivity index (χ2v) is 8.66. The maximum atomic E-state index is 13.6. The molecule has 4 rings (SSSR count). The number of anilines is 1. The SMILES string of the molecule is CCN(CC)C(=O)COc1cc(-c2ccc(F)cc2)cc2c(NC(C)c3cnc(C(F)(F)F)nc3)ncnc12. The minimum Gasteiger partial charge on any atom is -0.481 e. The summed E-state index contributed by atoms with van der Waals surface area (Å²) < 4.78 is 58.1. The van der Waals surface area contributed by atoms with Crippen molar-refractivity contribution in [1.29, 1.82) is 0 Å². The molecule has 2 aromatic carbocycles. The number of amides is 1. The predicted octanol–water partition coefficient (Wildman–Crippen LogP) is 5.67. The van der Waals surface area contributed by atoms with E-state index in [0.29, 0.717) is 52.3 Å². The minimum atomic E-state index is -4.64. The van der Waals surface area contributed by atoms with Crippen LogP contribution in [0.15, 0.2) is 55.1 Å². The molecule has 1 amide bonds. The van der Waals surface area contributed by atoms with Gasteiger partial charge in [-0.1, -0.05) is 12.1 Å². The molecule has 0 radical (unpaired) electrons. The van der Waals surface area contributed by atoms with Crippen molar-refractivity contribution in [3.8, 4) is 16.9 Å². The maximum absolute atomic E-state index is 13.6. The van der Waals surface area contributed by atoms with Gasteiger partial charge in [0.15, 0.2) is 6.61 Å². The van der Waals surface area contributed by atoms with Crippen molar-refractivity contribution in [3.05, 3.63) is 72.3 Å². The molecule has 8 nitrogen and oxygen atoms in total. The molecule has 4 aromatic rings. The molecule has 0 aliphatic heterocycles. The first kappa shape index (κ1) is 27.7. The molecule has 0 bridgehead atoms. The first-order chi connectivity index (χ1) is 18.6. The molecule has 1 unspecified atom stereocenters. The molecular formula is C27H26F4N6O2. The molecule has 1 atom stereocenters. The van der Waals surface area contributed by atoms with Gasteiger partial charge in [-0.15, -0.1) is 0 Å². The smallest absolute Gasteiger partial charge is 0.451 e. The zero-order valence-electron chi connectivity index (χ0n) is 21.5. The number of hydrogen-bond donors (Lipinski definition) is 1. The van der Waals surface area contributed by atoms with Crippen LogP contribution in [0, 0.1) is 5.82 Å². The first-order valence-corrected chi connectivity index (χ1v) is 12.2. The average Bonchev–Trinajstić information content (AvgIpc) is 2.92. The van der Waals surface area contributed by atoms with Crippen LogP contribution in [-0.2, 0) is 11.0 Å². The number of ether oxygens (including phenoxy) is 1. The lowest BCUT2D eigenvalue weighted by Gasteiger charge is -2.20. The highest BCUT2D eigenvalue weighted by Gasteiger charge is 2.34. The van der Waals surface area contributed by atoms with Crippen LogP contribution in [0.25, 0.3) is 22.0 Å². The van der Waals surface area contributed by atoms with Gasteiger partial charge in [-0.05, 0) is 56.2 Å². The maximum Gasteiger partial charge on any atom is 0.451 e. The minimum absolute atomic E-state index is 0.191. The van der Waals surface area contributed by atoms with Crippen molar-refractivity contribution in [2.45, 2.75) is 33.0 Å². The summed E-state index contributed by atoms with van der Waals surface area (Å²) in [4.78, 5) is 29.8. The normalized spacial score (nSPS) is 12.3. The zero-order chi connectivity index (χ0) is 28.2. The average molecular weight is 543 g/mol. The lowest BCUT2D eigenvalue weighted by Crippen LogP contribution is -2.34. The molecule has 0 saturated carbocycles. The highest BCUT2D eigenvalue weighted by molar-refractivity contribution is 5.97. The van der Waals surface area contributed by atoms with E-state index in [2.05, 4.69) is 25.3 Å².